The predicted molar refractivity (Wildman–Crippen MR) is 95.4 cm³/mol. The Bertz CT molecular complexity index is 838. The number of hydrogen-bond acceptors (Lipinski definition) is 5. The number of rotatable bonds is 7. The molecule has 0 aliphatic rings. The number of aliphatic hydroxyl groups excluding tert-OH is 1. The zero-order valence-electron chi connectivity index (χ0n) is 13.3. The van der Waals surface area contributed by atoms with E-state index in [4.69, 9.17) is 22.1 Å². The van der Waals surface area contributed by atoms with E-state index in [-0.39, 0.29) is 5.69 Å². The van der Waals surface area contributed by atoms with Crippen molar-refractivity contribution in [2.24, 2.45) is 5.73 Å². The number of benzene rings is 2. The third-order valence-electron chi connectivity index (χ3n) is 3.24. The fourth-order valence-corrected chi connectivity index (χ4v) is 3.04. The number of amides is 1. The van der Waals surface area contributed by atoms with Gasteiger partial charge < -0.3 is 15.6 Å². The highest BCUT2D eigenvalue weighted by Gasteiger charge is 2.23. The topological polar surface area (TPSA) is 110 Å². The Kier molecular flexibility index (Phi) is 5.89. The number of sulfonamides is 1. The maximum absolute atomic E-state index is 11.9. The maximum atomic E-state index is 11.9. The highest BCUT2D eigenvalue weighted by Crippen LogP contribution is 2.26. The van der Waals surface area contributed by atoms with Gasteiger partial charge in [-0.3, -0.25) is 9.10 Å². The van der Waals surface area contributed by atoms with Crippen molar-refractivity contribution in [1.82, 2.24) is 0 Å². The summed E-state index contributed by atoms with van der Waals surface area (Å²) in [6.45, 7) is -0.467. The van der Waals surface area contributed by atoms with Crippen molar-refractivity contribution in [2.75, 3.05) is 17.1 Å². The Hall–Kier alpha value is -2.29. The molecule has 0 aliphatic carbocycles. The number of ether oxygens (including phenoxy) is 1. The first-order chi connectivity index (χ1) is 11.7. The van der Waals surface area contributed by atoms with E-state index in [9.17, 15) is 18.3 Å². The van der Waals surface area contributed by atoms with Crippen molar-refractivity contribution in [3.8, 4) is 11.5 Å². The quantitative estimate of drug-likeness (QED) is 0.755. The zero-order chi connectivity index (χ0) is 18.6. The summed E-state index contributed by atoms with van der Waals surface area (Å²) in [5, 5.41) is 10.2. The van der Waals surface area contributed by atoms with Crippen LogP contribution in [0.1, 0.15) is 0 Å². The Labute approximate surface area is 150 Å². The maximum Gasteiger partial charge on any atom is 0.248 e. The van der Waals surface area contributed by atoms with Crippen molar-refractivity contribution >= 4 is 33.2 Å². The van der Waals surface area contributed by atoms with E-state index in [0.717, 1.165) is 10.6 Å². The van der Waals surface area contributed by atoms with E-state index in [1.165, 1.54) is 12.1 Å². The third kappa shape index (κ3) is 5.35. The number of nitrogens with zero attached hydrogens (tertiary/aromatic N) is 1. The summed E-state index contributed by atoms with van der Waals surface area (Å²) in [4.78, 5) is 11.0. The van der Waals surface area contributed by atoms with Crippen LogP contribution < -0.4 is 14.8 Å². The molecule has 0 bridgehead atoms. The summed E-state index contributed by atoms with van der Waals surface area (Å²) in [6.07, 6.45) is -0.640. The van der Waals surface area contributed by atoms with Crippen molar-refractivity contribution in [3.63, 3.8) is 0 Å². The van der Waals surface area contributed by atoms with Crippen LogP contribution in [0.25, 0.3) is 0 Å². The van der Waals surface area contributed by atoms with Gasteiger partial charge >= 0.3 is 0 Å². The Morgan fingerprint density at radius 1 is 1.16 bits per heavy atom. The summed E-state index contributed by atoms with van der Waals surface area (Å²) >= 11 is 5.81. The number of anilines is 1. The van der Waals surface area contributed by atoms with Gasteiger partial charge in [-0.2, -0.15) is 0 Å². The Morgan fingerprint density at radius 2 is 1.64 bits per heavy atom. The second-order valence-corrected chi connectivity index (χ2v) is 7.61. The highest BCUT2D eigenvalue weighted by molar-refractivity contribution is 7.92. The van der Waals surface area contributed by atoms with Crippen LogP contribution in [0.5, 0.6) is 11.5 Å². The Balaban J connectivity index is 2.20. The first-order valence-electron chi connectivity index (χ1n) is 7.15. The van der Waals surface area contributed by atoms with Crippen LogP contribution in [0.15, 0.2) is 48.5 Å². The number of carbonyl (C=O) groups excluding carboxylic acids is 1. The first kappa shape index (κ1) is 19.0. The SMILES string of the molecule is CS(=O)(=O)N(C[C@@H](O)C(N)=O)c1ccc(Oc2ccc(Cl)cc2)cc1. The zero-order valence-corrected chi connectivity index (χ0v) is 14.9. The van der Waals surface area contributed by atoms with E-state index >= 15 is 0 Å². The van der Waals surface area contributed by atoms with Crippen molar-refractivity contribution < 1.29 is 23.1 Å². The molecule has 0 saturated heterocycles. The van der Waals surface area contributed by atoms with Gasteiger partial charge in [-0.1, -0.05) is 11.6 Å². The summed E-state index contributed by atoms with van der Waals surface area (Å²) < 4.78 is 30.4. The van der Waals surface area contributed by atoms with Gasteiger partial charge in [0.15, 0.2) is 6.10 Å². The minimum absolute atomic E-state index is 0.270. The number of hydrogen-bond donors (Lipinski definition) is 2. The molecule has 0 fully saturated rings. The van der Waals surface area contributed by atoms with Crippen LogP contribution in [-0.4, -0.2) is 38.3 Å². The van der Waals surface area contributed by atoms with E-state index in [2.05, 4.69) is 0 Å². The molecule has 0 saturated carbocycles. The van der Waals surface area contributed by atoms with Crippen LogP contribution in [-0.2, 0) is 14.8 Å². The van der Waals surface area contributed by atoms with Gasteiger partial charge in [-0.05, 0) is 48.5 Å². The minimum Gasteiger partial charge on any atom is -0.457 e. The number of carbonyl (C=O) groups is 1. The van der Waals surface area contributed by atoms with Crippen LogP contribution in [0.4, 0.5) is 5.69 Å². The lowest BCUT2D eigenvalue weighted by atomic mass is 10.2. The minimum atomic E-state index is -3.71. The van der Waals surface area contributed by atoms with Gasteiger partial charge in [0.2, 0.25) is 15.9 Å². The molecule has 25 heavy (non-hydrogen) atoms. The molecule has 134 valence electrons. The smallest absolute Gasteiger partial charge is 0.248 e. The van der Waals surface area contributed by atoms with Gasteiger partial charge in [0, 0.05) is 5.02 Å². The molecule has 0 aliphatic heterocycles. The monoisotopic (exact) mass is 384 g/mol. The van der Waals surface area contributed by atoms with Crippen LogP contribution >= 0.6 is 11.6 Å². The average molecular weight is 385 g/mol. The standard InChI is InChI=1S/C16H17ClN2O5S/c1-25(22,23)19(10-15(20)16(18)21)12-4-8-14(9-5-12)24-13-6-2-11(17)3-7-13/h2-9,15,20H,10H2,1H3,(H2,18,21)/t15-/m1/s1. The van der Waals surface area contributed by atoms with Gasteiger partial charge in [0.1, 0.15) is 11.5 Å². The molecule has 1 amide bonds. The molecule has 7 nitrogen and oxygen atoms in total. The summed E-state index contributed by atoms with van der Waals surface area (Å²) in [5.74, 6) is 0.0487. The van der Waals surface area contributed by atoms with E-state index in [1.807, 2.05) is 0 Å². The normalized spacial score (nSPS) is 12.4. The first-order valence-corrected chi connectivity index (χ1v) is 9.38. The number of halogens is 1. The Morgan fingerprint density at radius 3 is 2.08 bits per heavy atom. The van der Waals surface area contributed by atoms with Crippen molar-refractivity contribution in [3.05, 3.63) is 53.6 Å². The second-order valence-electron chi connectivity index (χ2n) is 5.26. The van der Waals surface area contributed by atoms with E-state index in [0.29, 0.717) is 16.5 Å². The summed E-state index contributed by atoms with van der Waals surface area (Å²) in [5.41, 5.74) is 5.26. The molecule has 0 spiro atoms. The van der Waals surface area contributed by atoms with Gasteiger partial charge in [0.25, 0.3) is 0 Å². The molecule has 0 unspecified atom stereocenters. The largest absolute Gasteiger partial charge is 0.457 e. The molecule has 0 aromatic heterocycles. The highest BCUT2D eigenvalue weighted by atomic mass is 35.5. The molecule has 0 radical (unpaired) electrons. The van der Waals surface area contributed by atoms with Gasteiger partial charge in [0.05, 0.1) is 18.5 Å². The molecular weight excluding hydrogens is 368 g/mol. The van der Waals surface area contributed by atoms with Crippen LogP contribution in [0.2, 0.25) is 5.02 Å². The van der Waals surface area contributed by atoms with Crippen LogP contribution in [0.3, 0.4) is 0 Å². The lowest BCUT2D eigenvalue weighted by Crippen LogP contribution is -2.42. The number of primary amides is 1. The molecule has 3 N–H and O–H groups in total. The molecular formula is C16H17ClN2O5S. The third-order valence-corrected chi connectivity index (χ3v) is 4.65. The van der Waals surface area contributed by atoms with E-state index in [1.54, 1.807) is 36.4 Å². The fraction of sp³-hybridized carbons (Fsp3) is 0.188. The summed E-state index contributed by atoms with van der Waals surface area (Å²) in [7, 11) is -3.71. The molecule has 2 rings (SSSR count). The molecule has 9 heteroatoms. The van der Waals surface area contributed by atoms with Crippen LogP contribution in [0, 0.1) is 0 Å². The number of aliphatic hydroxyl groups is 1. The van der Waals surface area contributed by atoms with E-state index < -0.39 is 28.6 Å². The lowest BCUT2D eigenvalue weighted by Gasteiger charge is -2.24. The predicted octanol–water partition coefficient (Wildman–Crippen LogP) is 1.74. The lowest BCUT2D eigenvalue weighted by molar-refractivity contribution is -0.125. The molecule has 2 aromatic carbocycles. The fourth-order valence-electron chi connectivity index (χ4n) is 2.00. The molecule has 2 aromatic rings. The second kappa shape index (κ2) is 7.73. The number of nitrogens with two attached hydrogens (primary N) is 1. The van der Waals surface area contributed by atoms with Gasteiger partial charge in [-0.15, -0.1) is 0 Å². The van der Waals surface area contributed by atoms with Crippen molar-refractivity contribution in [1.29, 1.82) is 0 Å². The summed E-state index contributed by atoms with van der Waals surface area (Å²) in [6, 6.07) is 12.9. The molecule has 0 heterocycles. The van der Waals surface area contributed by atoms with Crippen molar-refractivity contribution in [2.45, 2.75) is 6.10 Å². The average Bonchev–Trinajstić information content (AvgIpc) is 2.54. The molecule has 1 atom stereocenters. The van der Waals surface area contributed by atoms with Gasteiger partial charge in [-0.25, -0.2) is 8.42 Å².